The Labute approximate surface area is 83.9 Å². The second-order valence-electron chi connectivity index (χ2n) is 2.99. The van der Waals surface area contributed by atoms with E-state index in [2.05, 4.69) is 17.6 Å². The first-order valence-electron chi connectivity index (χ1n) is 4.33. The molecule has 0 fully saturated rings. The smallest absolute Gasteiger partial charge is 0.0364 e. The molecule has 0 saturated heterocycles. The fraction of sp³-hybridized carbons (Fsp3) is 0.400. The Morgan fingerprint density at radius 3 is 2.85 bits per heavy atom. The molecule has 1 rings (SSSR count). The van der Waals surface area contributed by atoms with Crippen LogP contribution in [0.25, 0.3) is 0 Å². The van der Waals surface area contributed by atoms with Crippen molar-refractivity contribution in [2.45, 2.75) is 6.92 Å². The molecule has 0 amide bonds. The Hall–Kier alpha value is -0.830. The van der Waals surface area contributed by atoms with Crippen molar-refractivity contribution < 1.29 is 0 Å². The highest BCUT2D eigenvalue weighted by atomic mass is 32.2. The zero-order chi connectivity index (χ0) is 9.68. The van der Waals surface area contributed by atoms with Crippen molar-refractivity contribution >= 4 is 23.1 Å². The van der Waals surface area contributed by atoms with Gasteiger partial charge < -0.3 is 11.1 Å². The van der Waals surface area contributed by atoms with Gasteiger partial charge in [-0.1, -0.05) is 6.07 Å². The highest BCUT2D eigenvalue weighted by molar-refractivity contribution is 7.98. The molecule has 0 aliphatic heterocycles. The third kappa shape index (κ3) is 3.19. The number of benzene rings is 1. The van der Waals surface area contributed by atoms with Crippen LogP contribution in [0.2, 0.25) is 0 Å². The van der Waals surface area contributed by atoms with E-state index in [0.29, 0.717) is 0 Å². The molecular formula is C10H16N2S. The molecule has 1 aromatic carbocycles. The molecule has 3 N–H and O–H groups in total. The molecule has 0 aliphatic carbocycles. The van der Waals surface area contributed by atoms with Gasteiger partial charge in [-0.25, -0.2) is 0 Å². The average molecular weight is 196 g/mol. The molecule has 0 atom stereocenters. The lowest BCUT2D eigenvalue weighted by Gasteiger charge is -2.07. The quantitative estimate of drug-likeness (QED) is 0.573. The van der Waals surface area contributed by atoms with Crippen LogP contribution in [0.5, 0.6) is 0 Å². The number of anilines is 2. The Kier molecular flexibility index (Phi) is 3.96. The second-order valence-corrected chi connectivity index (χ2v) is 3.98. The van der Waals surface area contributed by atoms with E-state index in [0.717, 1.165) is 29.2 Å². The van der Waals surface area contributed by atoms with Gasteiger partial charge in [-0.05, 0) is 30.9 Å². The standard InChI is InChI=1S/C10H16N2S/c1-8-3-4-9(7-10(8)11)12-5-6-13-2/h3-4,7,12H,5-6,11H2,1-2H3. The summed E-state index contributed by atoms with van der Waals surface area (Å²) in [6.07, 6.45) is 2.10. The SMILES string of the molecule is CSCCNc1ccc(C)c(N)c1. The van der Waals surface area contributed by atoms with Gasteiger partial charge in [0, 0.05) is 23.7 Å². The summed E-state index contributed by atoms with van der Waals surface area (Å²) in [5.74, 6) is 1.12. The van der Waals surface area contributed by atoms with Crippen LogP contribution in [0, 0.1) is 6.92 Å². The van der Waals surface area contributed by atoms with E-state index < -0.39 is 0 Å². The van der Waals surface area contributed by atoms with Gasteiger partial charge in [0.05, 0.1) is 0 Å². The monoisotopic (exact) mass is 196 g/mol. The minimum atomic E-state index is 0.856. The maximum Gasteiger partial charge on any atom is 0.0364 e. The molecule has 0 heterocycles. The summed E-state index contributed by atoms with van der Waals surface area (Å²) in [4.78, 5) is 0. The van der Waals surface area contributed by atoms with Crippen LogP contribution in [0.1, 0.15) is 5.56 Å². The molecule has 1 aromatic rings. The highest BCUT2D eigenvalue weighted by Crippen LogP contribution is 2.16. The number of nitrogens with one attached hydrogen (secondary N) is 1. The lowest BCUT2D eigenvalue weighted by atomic mass is 10.2. The number of rotatable bonds is 4. The maximum absolute atomic E-state index is 5.78. The fourth-order valence-electron chi connectivity index (χ4n) is 1.05. The van der Waals surface area contributed by atoms with Crippen LogP contribution in [0.3, 0.4) is 0 Å². The van der Waals surface area contributed by atoms with Crippen LogP contribution in [-0.4, -0.2) is 18.6 Å². The van der Waals surface area contributed by atoms with Crippen LogP contribution in [0.15, 0.2) is 18.2 Å². The van der Waals surface area contributed by atoms with Gasteiger partial charge in [0.2, 0.25) is 0 Å². The molecule has 0 radical (unpaired) electrons. The lowest BCUT2D eigenvalue weighted by molar-refractivity contribution is 1.23. The van der Waals surface area contributed by atoms with Crippen LogP contribution < -0.4 is 11.1 Å². The summed E-state index contributed by atoms with van der Waals surface area (Å²) in [6.45, 7) is 3.00. The van der Waals surface area contributed by atoms with Gasteiger partial charge in [0.15, 0.2) is 0 Å². The average Bonchev–Trinajstić information content (AvgIpc) is 2.12. The van der Waals surface area contributed by atoms with Crippen molar-refractivity contribution in [3.8, 4) is 0 Å². The fourth-order valence-corrected chi connectivity index (χ4v) is 1.35. The molecule has 0 unspecified atom stereocenters. The van der Waals surface area contributed by atoms with Gasteiger partial charge >= 0.3 is 0 Å². The molecule has 3 heteroatoms. The highest BCUT2D eigenvalue weighted by Gasteiger charge is 1.95. The molecule has 13 heavy (non-hydrogen) atoms. The van der Waals surface area contributed by atoms with E-state index >= 15 is 0 Å². The van der Waals surface area contributed by atoms with Crippen LogP contribution >= 0.6 is 11.8 Å². The van der Waals surface area contributed by atoms with Crippen molar-refractivity contribution in [2.75, 3.05) is 29.6 Å². The Morgan fingerprint density at radius 1 is 1.46 bits per heavy atom. The second kappa shape index (κ2) is 5.02. The molecule has 0 aromatic heterocycles. The summed E-state index contributed by atoms with van der Waals surface area (Å²) in [5.41, 5.74) is 8.88. The molecule has 0 aliphatic rings. The van der Waals surface area contributed by atoms with Crippen molar-refractivity contribution in [3.05, 3.63) is 23.8 Å². The number of nitrogen functional groups attached to an aromatic ring is 1. The number of nitrogens with two attached hydrogens (primary N) is 1. The Balaban J connectivity index is 2.53. The third-order valence-corrected chi connectivity index (χ3v) is 2.53. The summed E-state index contributed by atoms with van der Waals surface area (Å²) in [6, 6.07) is 6.08. The molecule has 0 spiro atoms. The third-order valence-electron chi connectivity index (χ3n) is 1.91. The zero-order valence-electron chi connectivity index (χ0n) is 8.13. The maximum atomic E-state index is 5.78. The normalized spacial score (nSPS) is 10.0. The Morgan fingerprint density at radius 2 is 2.23 bits per heavy atom. The zero-order valence-corrected chi connectivity index (χ0v) is 8.95. The first-order valence-corrected chi connectivity index (χ1v) is 5.72. The summed E-state index contributed by atoms with van der Waals surface area (Å²) in [5, 5.41) is 3.31. The number of thioether (sulfide) groups is 1. The van der Waals surface area contributed by atoms with E-state index in [1.807, 2.05) is 30.8 Å². The first-order chi connectivity index (χ1) is 6.24. The number of hydrogen-bond acceptors (Lipinski definition) is 3. The van der Waals surface area contributed by atoms with E-state index in [-0.39, 0.29) is 0 Å². The largest absolute Gasteiger partial charge is 0.398 e. The molecule has 72 valence electrons. The van der Waals surface area contributed by atoms with Crippen molar-refractivity contribution in [2.24, 2.45) is 0 Å². The summed E-state index contributed by atoms with van der Waals surface area (Å²) >= 11 is 1.83. The van der Waals surface area contributed by atoms with Crippen LogP contribution in [0.4, 0.5) is 11.4 Å². The molecule has 2 nitrogen and oxygen atoms in total. The van der Waals surface area contributed by atoms with Crippen molar-refractivity contribution in [3.63, 3.8) is 0 Å². The van der Waals surface area contributed by atoms with Gasteiger partial charge in [-0.3, -0.25) is 0 Å². The Bertz CT molecular complexity index is 274. The predicted molar refractivity (Wildman–Crippen MR) is 62.5 cm³/mol. The predicted octanol–water partition coefficient (Wildman–Crippen LogP) is 2.35. The van der Waals surface area contributed by atoms with E-state index in [4.69, 9.17) is 5.73 Å². The van der Waals surface area contributed by atoms with Crippen molar-refractivity contribution in [1.82, 2.24) is 0 Å². The van der Waals surface area contributed by atoms with Crippen molar-refractivity contribution in [1.29, 1.82) is 0 Å². The van der Waals surface area contributed by atoms with Gasteiger partial charge in [0.25, 0.3) is 0 Å². The first kappa shape index (κ1) is 10.3. The van der Waals surface area contributed by atoms with E-state index in [1.54, 1.807) is 0 Å². The number of hydrogen-bond donors (Lipinski definition) is 2. The topological polar surface area (TPSA) is 38.0 Å². The molecular weight excluding hydrogens is 180 g/mol. The number of aryl methyl sites for hydroxylation is 1. The lowest BCUT2D eigenvalue weighted by Crippen LogP contribution is -2.04. The van der Waals surface area contributed by atoms with Gasteiger partial charge in [-0.2, -0.15) is 11.8 Å². The van der Waals surface area contributed by atoms with Crippen LogP contribution in [-0.2, 0) is 0 Å². The van der Waals surface area contributed by atoms with E-state index in [9.17, 15) is 0 Å². The van der Waals surface area contributed by atoms with Gasteiger partial charge in [0.1, 0.15) is 0 Å². The van der Waals surface area contributed by atoms with E-state index in [1.165, 1.54) is 0 Å². The summed E-state index contributed by atoms with van der Waals surface area (Å²) < 4.78 is 0. The van der Waals surface area contributed by atoms with Gasteiger partial charge in [-0.15, -0.1) is 0 Å². The summed E-state index contributed by atoms with van der Waals surface area (Å²) in [7, 11) is 0. The molecule has 0 bridgehead atoms. The minimum absolute atomic E-state index is 0.856. The molecule has 0 saturated carbocycles. The minimum Gasteiger partial charge on any atom is -0.398 e.